The predicted octanol–water partition coefficient (Wildman–Crippen LogP) is 3.02. The van der Waals surface area contributed by atoms with Crippen molar-refractivity contribution < 1.29 is 18.5 Å². The molecule has 0 unspecified atom stereocenters. The Morgan fingerprint density at radius 1 is 0.750 bits per heavy atom. The third-order valence-corrected chi connectivity index (χ3v) is 0. The van der Waals surface area contributed by atoms with E-state index in [1.54, 1.807) is 0 Å². The third kappa shape index (κ3) is 590. The molecule has 0 saturated carbocycles. The summed E-state index contributed by atoms with van der Waals surface area (Å²) in [5, 5.41) is 0. The van der Waals surface area contributed by atoms with Crippen molar-refractivity contribution in [2.75, 3.05) is 0 Å². The van der Waals surface area contributed by atoms with Gasteiger partial charge in [0.2, 0.25) is 0 Å². The van der Waals surface area contributed by atoms with Crippen LogP contribution in [-0.4, -0.2) is 20.3 Å². The topological polar surface area (TPSA) is 51.2 Å². The molecule has 0 aromatic heterocycles. The van der Waals surface area contributed by atoms with Gasteiger partial charge in [0.25, 0.3) is 0 Å². The van der Waals surface area contributed by atoms with Crippen LogP contribution in [0.1, 0.15) is 47.7 Å². The second-order valence-corrected chi connectivity index (χ2v) is 0. The minimum atomic E-state index is 0. The minimum Gasteiger partial charge on any atom is -0.307 e. The molecule has 0 aromatic carbocycles. The first-order valence-electron chi connectivity index (χ1n) is 3.44. The van der Waals surface area contributed by atoms with Crippen LogP contribution in [0.3, 0.4) is 0 Å². The van der Waals surface area contributed by atoms with Crippen molar-refractivity contribution in [3.05, 3.63) is 0 Å². The number of rotatable bonds is 0. The van der Waals surface area contributed by atoms with Crippen LogP contribution in [0.5, 0.6) is 0 Å². The minimum absolute atomic E-state index is 0. The molecule has 0 heterocycles. The molecule has 3 nitrogen and oxygen atoms in total. The van der Waals surface area contributed by atoms with E-state index < -0.39 is 0 Å². The van der Waals surface area contributed by atoms with E-state index in [9.17, 15) is 0 Å². The average molecular weight is 190 g/mol. The summed E-state index contributed by atoms with van der Waals surface area (Å²) >= 11 is 0. The summed E-state index contributed by atoms with van der Waals surface area (Å²) in [4.78, 5) is 25.4. The van der Waals surface area contributed by atoms with Crippen molar-refractivity contribution in [3.8, 4) is 0 Å². The molecule has 0 amide bonds. The molecule has 12 heavy (non-hydrogen) atoms. The highest BCUT2D eigenvalue weighted by molar-refractivity contribution is 5.11. The molecule has 0 aliphatic heterocycles. The summed E-state index contributed by atoms with van der Waals surface area (Å²) in [6.45, 7) is 4.00. The Bertz CT molecular complexity index is 57.4. The summed E-state index contributed by atoms with van der Waals surface area (Å²) in [6, 6.07) is 0. The quantitative estimate of drug-likeness (QED) is 0.590. The molecule has 0 aromatic rings. The van der Waals surface area contributed by atoms with E-state index >= 15 is 0 Å². The van der Waals surface area contributed by atoms with E-state index in [1.807, 2.05) is 13.8 Å². The van der Waals surface area contributed by atoms with Gasteiger partial charge in [0, 0.05) is 0 Å². The van der Waals surface area contributed by atoms with Crippen LogP contribution in [0.15, 0.2) is 0 Å². The first kappa shape index (κ1) is 30.5. The Morgan fingerprint density at radius 2 is 0.750 bits per heavy atom. The van der Waals surface area contributed by atoms with Gasteiger partial charge in [-0.2, -0.15) is 0 Å². The van der Waals surface area contributed by atoms with Crippen molar-refractivity contribution in [1.29, 1.82) is 0 Å². The smallest absolute Gasteiger partial charge is 0.106 e. The molecule has 0 bridgehead atoms. The van der Waals surface area contributed by atoms with E-state index in [0.717, 1.165) is 0 Å². The summed E-state index contributed by atoms with van der Waals surface area (Å²) in [7, 11) is 0. The first-order chi connectivity index (χ1) is 5.24. The molecule has 3 heteroatoms. The second kappa shape index (κ2) is 829. The Kier molecular flexibility index (Phi) is 2110. The van der Waals surface area contributed by atoms with Gasteiger partial charge in [-0.15, -0.1) is 0 Å². The lowest BCUT2D eigenvalue weighted by molar-refractivity contribution is -0.0987. The molecule has 82 valence electrons. The van der Waals surface area contributed by atoms with Crippen LogP contribution in [0.4, 0.5) is 0 Å². The van der Waals surface area contributed by atoms with Gasteiger partial charge in [0.15, 0.2) is 0 Å². The standard InChI is InChI=1S/C2H6.3CH2O.4CH4/c4*1-2;;;;/h1-2H3;3*1H2;4*1H4/i;3*1T;;;;. The van der Waals surface area contributed by atoms with E-state index in [4.69, 9.17) is 18.5 Å². The van der Waals surface area contributed by atoms with E-state index in [0.29, 0.717) is 0 Å². The predicted molar refractivity (Wildman–Crippen MR) is 59.6 cm³/mol. The zero-order valence-electron chi connectivity index (χ0n) is 7.96. The lowest BCUT2D eigenvalue weighted by Gasteiger charge is -1.07. The number of hydrogen-bond acceptors (Lipinski definition) is 3. The summed E-state index contributed by atoms with van der Waals surface area (Å²) < 4.78 is 16.6. The number of carbonyl (C=O) groups is 3. The van der Waals surface area contributed by atoms with Gasteiger partial charge in [-0.1, -0.05) is 43.6 Å². The van der Waals surface area contributed by atoms with Gasteiger partial charge in [0.05, 0.1) is 0 Å². The Hall–Kier alpha value is -0.990. The molecule has 0 aliphatic carbocycles. The monoisotopic (exact) mass is 190 g/mol. The molecule has 0 rings (SSSR count). The van der Waals surface area contributed by atoms with Crippen molar-refractivity contribution in [2.45, 2.75) is 43.6 Å². The van der Waals surface area contributed by atoms with E-state index in [-0.39, 0.29) is 50.0 Å². The maximum Gasteiger partial charge on any atom is 0.106 e. The number of hydrogen-bond donors (Lipinski definition) is 0. The highest BCUT2D eigenvalue weighted by Crippen LogP contribution is 1.14. The molecule has 0 spiro atoms. The van der Waals surface area contributed by atoms with Crippen LogP contribution in [-0.2, 0) is 14.4 Å². The fraction of sp³-hybridized carbons (Fsp3) is 0.667. The average Bonchev–Trinajstić information content (AvgIpc) is 1.96. The van der Waals surface area contributed by atoms with Crippen molar-refractivity contribution in [3.63, 3.8) is 0 Å². The van der Waals surface area contributed by atoms with Gasteiger partial charge in [-0.3, -0.25) is 0 Å². The summed E-state index contributed by atoms with van der Waals surface area (Å²) in [6.07, 6.45) is 0. The number of carbonyl (C=O) groups excluding carboxylic acids is 3. The van der Waals surface area contributed by atoms with Gasteiger partial charge in [0.1, 0.15) is 24.4 Å². The van der Waals surface area contributed by atoms with Gasteiger partial charge >= 0.3 is 0 Å². The second-order valence-electron chi connectivity index (χ2n) is 0. The first-order valence-corrected chi connectivity index (χ1v) is 1.71. The maximum atomic E-state index is 8.47. The molecular weight excluding hydrogens is 156 g/mol. The SMILES string of the molecule is C.C.C.C.CC.[3H]C=O.[3H]C=O.[3H]C=O. The molecular formula is C9H28O3. The lowest BCUT2D eigenvalue weighted by atomic mass is 11.0. The lowest BCUT2D eigenvalue weighted by Crippen LogP contribution is -0.925. The Morgan fingerprint density at radius 3 is 0.750 bits per heavy atom. The molecule has 0 radical (unpaired) electrons. The van der Waals surface area contributed by atoms with Gasteiger partial charge < -0.3 is 14.4 Å². The van der Waals surface area contributed by atoms with Gasteiger partial charge in [-0.05, 0) is 0 Å². The van der Waals surface area contributed by atoms with Crippen LogP contribution in [0.25, 0.3) is 0 Å². The van der Waals surface area contributed by atoms with Crippen molar-refractivity contribution in [2.24, 2.45) is 0 Å². The molecule has 0 saturated heterocycles. The fourth-order valence-electron chi connectivity index (χ4n) is 0. The van der Waals surface area contributed by atoms with Crippen molar-refractivity contribution >= 4 is 20.3 Å². The highest BCUT2D eigenvalue weighted by atomic mass is 16.1. The normalized spacial score (nSPS) is 4.00. The van der Waals surface area contributed by atoms with E-state index in [2.05, 4.69) is 0 Å². The fourth-order valence-corrected chi connectivity index (χ4v) is 0. The molecule has 0 N–H and O–H groups in total. The third-order valence-electron chi connectivity index (χ3n) is 0. The molecule has 0 atom stereocenters. The van der Waals surface area contributed by atoms with Crippen LogP contribution in [0, 0.1) is 0 Å². The van der Waals surface area contributed by atoms with Crippen molar-refractivity contribution in [1.82, 2.24) is 0 Å². The Labute approximate surface area is 83.4 Å². The highest BCUT2D eigenvalue weighted by Gasteiger charge is 0.932. The molecule has 0 aliphatic rings. The summed E-state index contributed by atoms with van der Waals surface area (Å²) in [5.74, 6) is 0. The van der Waals surface area contributed by atoms with E-state index in [1.165, 1.54) is 0 Å². The zero-order chi connectivity index (χ0) is 10.1. The molecule has 0 fully saturated rings. The largest absolute Gasteiger partial charge is 0.307 e. The van der Waals surface area contributed by atoms with Crippen LogP contribution < -0.4 is 0 Å². The van der Waals surface area contributed by atoms with Gasteiger partial charge in [-0.25, -0.2) is 0 Å². The Balaban J connectivity index is -0.00000000673. The zero-order valence-corrected chi connectivity index (χ0v) is 4.96. The van der Waals surface area contributed by atoms with Crippen LogP contribution in [0.2, 0.25) is 0 Å². The summed E-state index contributed by atoms with van der Waals surface area (Å²) in [5.41, 5.74) is 0. The maximum absolute atomic E-state index is 8.47. The van der Waals surface area contributed by atoms with Crippen LogP contribution >= 0.6 is 0 Å².